The highest BCUT2D eigenvalue weighted by molar-refractivity contribution is 5.95. The molecule has 0 spiro atoms. The summed E-state index contributed by atoms with van der Waals surface area (Å²) in [6, 6.07) is 14.7. The van der Waals surface area contributed by atoms with E-state index in [1.165, 1.54) is 48.5 Å². The Hall–Kier alpha value is -3.84. The number of ether oxygens (including phenoxy) is 4. The predicted molar refractivity (Wildman–Crippen MR) is 129 cm³/mol. The lowest BCUT2D eigenvalue weighted by atomic mass is 10.1. The molecule has 0 aromatic heterocycles. The van der Waals surface area contributed by atoms with Gasteiger partial charge < -0.3 is 40.0 Å². The van der Waals surface area contributed by atoms with Crippen LogP contribution in [0.15, 0.2) is 60.7 Å². The molecule has 1 aliphatic carbocycles. The van der Waals surface area contributed by atoms with Gasteiger partial charge in [0.15, 0.2) is 5.79 Å². The minimum absolute atomic E-state index is 0.0253. The largest absolute Gasteiger partial charge is 0.478 e. The molecule has 2 aromatic rings. The smallest absolute Gasteiger partial charge is 0.349 e. The number of carboxylic acids is 2. The lowest BCUT2D eigenvalue weighted by Gasteiger charge is -2.21. The molecule has 0 amide bonds. The third-order valence-corrected chi connectivity index (χ3v) is 5.73. The minimum Gasteiger partial charge on any atom is -0.478 e. The van der Waals surface area contributed by atoms with Crippen molar-refractivity contribution in [2.24, 2.45) is 5.73 Å². The van der Waals surface area contributed by atoms with Gasteiger partial charge in [0, 0.05) is 6.04 Å². The molecule has 2 unspecified atom stereocenters. The Labute approximate surface area is 217 Å². The highest BCUT2D eigenvalue weighted by atomic mass is 16.8. The molecule has 4 rings (SSSR count). The number of aliphatic carboxylic acids is 2. The van der Waals surface area contributed by atoms with Gasteiger partial charge in [0.05, 0.1) is 17.2 Å². The SMILES string of the molecule is CC1(C)O[C@@H]2[C@H](O1)[C@@H](O)C[C@H]2N.O=C(OC(C(=O)O)C(OC(=O)c1ccccc1)C(=O)O)c1ccccc1. The Morgan fingerprint density at radius 3 is 1.58 bits per heavy atom. The summed E-state index contributed by atoms with van der Waals surface area (Å²) in [7, 11) is 0. The summed E-state index contributed by atoms with van der Waals surface area (Å²) in [5.74, 6) is -6.22. The molecule has 1 heterocycles. The van der Waals surface area contributed by atoms with Gasteiger partial charge in [-0.1, -0.05) is 36.4 Å². The van der Waals surface area contributed by atoms with Gasteiger partial charge in [-0.2, -0.15) is 0 Å². The van der Waals surface area contributed by atoms with Crippen LogP contribution in [0.3, 0.4) is 0 Å². The van der Waals surface area contributed by atoms with Crippen molar-refractivity contribution in [3.8, 4) is 0 Å². The summed E-state index contributed by atoms with van der Waals surface area (Å²) in [5, 5.41) is 28.0. The summed E-state index contributed by atoms with van der Waals surface area (Å²) >= 11 is 0. The van der Waals surface area contributed by atoms with Gasteiger partial charge in [-0.3, -0.25) is 0 Å². The van der Waals surface area contributed by atoms with E-state index in [1.54, 1.807) is 12.1 Å². The Morgan fingerprint density at radius 1 is 0.816 bits per heavy atom. The highest BCUT2D eigenvalue weighted by Gasteiger charge is 2.52. The van der Waals surface area contributed by atoms with Gasteiger partial charge in [0.25, 0.3) is 0 Å². The van der Waals surface area contributed by atoms with E-state index >= 15 is 0 Å². The number of rotatable bonds is 7. The van der Waals surface area contributed by atoms with Crippen LogP contribution in [0.2, 0.25) is 0 Å². The molecule has 2 fully saturated rings. The summed E-state index contributed by atoms with van der Waals surface area (Å²) in [5.41, 5.74) is 5.82. The van der Waals surface area contributed by atoms with E-state index < -0.39 is 48.0 Å². The number of benzene rings is 2. The fourth-order valence-electron chi connectivity index (χ4n) is 3.99. The van der Waals surface area contributed by atoms with E-state index in [-0.39, 0.29) is 29.4 Å². The van der Waals surface area contributed by atoms with Crippen LogP contribution in [0.4, 0.5) is 0 Å². The first kappa shape index (κ1) is 28.7. The second kappa shape index (κ2) is 12.1. The maximum absolute atomic E-state index is 12.0. The summed E-state index contributed by atoms with van der Waals surface area (Å²) in [4.78, 5) is 46.8. The van der Waals surface area contributed by atoms with Gasteiger partial charge in [-0.25, -0.2) is 19.2 Å². The molecule has 6 atom stereocenters. The van der Waals surface area contributed by atoms with Crippen molar-refractivity contribution >= 4 is 23.9 Å². The van der Waals surface area contributed by atoms with Crippen LogP contribution in [0, 0.1) is 0 Å². The van der Waals surface area contributed by atoms with Gasteiger partial charge in [-0.05, 0) is 44.5 Å². The van der Waals surface area contributed by atoms with Crippen LogP contribution < -0.4 is 5.73 Å². The Kier molecular flexibility index (Phi) is 9.17. The number of esters is 2. The summed E-state index contributed by atoms with van der Waals surface area (Å²) in [6.07, 6.45) is -4.68. The van der Waals surface area contributed by atoms with Crippen molar-refractivity contribution < 1.29 is 53.4 Å². The van der Waals surface area contributed by atoms with E-state index in [0.717, 1.165) is 0 Å². The zero-order valence-corrected chi connectivity index (χ0v) is 20.6. The third-order valence-electron chi connectivity index (χ3n) is 5.73. The molecule has 38 heavy (non-hydrogen) atoms. The number of aliphatic hydroxyl groups excluding tert-OH is 1. The van der Waals surface area contributed by atoms with Crippen LogP contribution >= 0.6 is 0 Å². The first-order valence-corrected chi connectivity index (χ1v) is 11.7. The predicted octanol–water partition coefficient (Wildman–Crippen LogP) is 1.21. The molecule has 0 radical (unpaired) electrons. The number of carbonyl (C=O) groups is 4. The van der Waals surface area contributed by atoms with E-state index in [1.807, 2.05) is 13.8 Å². The normalized spacial score (nSPS) is 24.6. The second-order valence-corrected chi connectivity index (χ2v) is 9.09. The maximum Gasteiger partial charge on any atom is 0.349 e. The van der Waals surface area contributed by atoms with Crippen LogP contribution in [-0.2, 0) is 28.5 Å². The topological polar surface area (TPSA) is 192 Å². The zero-order chi connectivity index (χ0) is 28.0. The van der Waals surface area contributed by atoms with Crippen molar-refractivity contribution in [1.82, 2.24) is 0 Å². The molecule has 2 aliphatic rings. The van der Waals surface area contributed by atoms with Crippen molar-refractivity contribution in [2.75, 3.05) is 0 Å². The average molecular weight is 532 g/mol. The maximum atomic E-state index is 12.0. The van der Waals surface area contributed by atoms with Crippen LogP contribution in [0.1, 0.15) is 41.0 Å². The number of carbonyl (C=O) groups excluding carboxylic acids is 2. The molecule has 204 valence electrons. The first-order chi connectivity index (χ1) is 17.9. The number of hydrogen-bond donors (Lipinski definition) is 4. The van der Waals surface area contributed by atoms with Gasteiger partial charge >= 0.3 is 23.9 Å². The van der Waals surface area contributed by atoms with Crippen molar-refractivity contribution in [3.63, 3.8) is 0 Å². The summed E-state index contributed by atoms with van der Waals surface area (Å²) < 4.78 is 20.6. The molecular formula is C26H29NO11. The van der Waals surface area contributed by atoms with E-state index in [4.69, 9.17) is 24.7 Å². The molecule has 1 saturated heterocycles. The van der Waals surface area contributed by atoms with Gasteiger partial charge in [-0.15, -0.1) is 0 Å². The Balaban J connectivity index is 0.000000275. The van der Waals surface area contributed by atoms with Gasteiger partial charge in [0.1, 0.15) is 12.2 Å². The third kappa shape index (κ3) is 7.13. The second-order valence-electron chi connectivity index (χ2n) is 9.09. The molecule has 12 nitrogen and oxygen atoms in total. The molecule has 1 saturated carbocycles. The standard InChI is InChI=1S/C18H14O8.C8H15NO3/c19-15(20)13(25-17(23)11-7-3-1-4-8-11)14(16(21)22)26-18(24)12-9-5-2-6-10-12;1-8(2)11-6-4(9)3-5(10)7(6)12-8/h1-10,13-14H,(H,19,20)(H,21,22);4-7,10H,3,9H2,1-2H3/t;4-,5+,6+,7-/m.1/s1. The average Bonchev–Trinajstić information content (AvgIpc) is 3.34. The van der Waals surface area contributed by atoms with Crippen molar-refractivity contribution in [2.45, 2.75) is 62.6 Å². The number of aliphatic hydroxyl groups is 1. The minimum atomic E-state index is -2.21. The molecule has 12 heteroatoms. The number of nitrogens with two attached hydrogens (primary N) is 1. The molecule has 0 bridgehead atoms. The number of fused-ring (bicyclic) bond motifs is 1. The van der Waals surface area contributed by atoms with Crippen LogP contribution in [0.5, 0.6) is 0 Å². The summed E-state index contributed by atoms with van der Waals surface area (Å²) in [6.45, 7) is 3.68. The first-order valence-electron chi connectivity index (χ1n) is 11.7. The lowest BCUT2D eigenvalue weighted by Crippen LogP contribution is -2.45. The van der Waals surface area contributed by atoms with Crippen molar-refractivity contribution in [1.29, 1.82) is 0 Å². The monoisotopic (exact) mass is 531 g/mol. The quantitative estimate of drug-likeness (QED) is 0.374. The van der Waals surface area contributed by atoms with E-state index in [2.05, 4.69) is 0 Å². The fraction of sp³-hybridized carbons (Fsp3) is 0.385. The Morgan fingerprint density at radius 2 is 1.21 bits per heavy atom. The molecular weight excluding hydrogens is 502 g/mol. The molecule has 1 aliphatic heterocycles. The van der Waals surface area contributed by atoms with Crippen LogP contribution in [0.25, 0.3) is 0 Å². The number of hydrogen-bond acceptors (Lipinski definition) is 10. The highest BCUT2D eigenvalue weighted by Crippen LogP contribution is 2.37. The number of carboxylic acid groups (broad SMARTS) is 2. The lowest BCUT2D eigenvalue weighted by molar-refractivity contribution is -0.166. The van der Waals surface area contributed by atoms with Crippen molar-refractivity contribution in [3.05, 3.63) is 71.8 Å². The zero-order valence-electron chi connectivity index (χ0n) is 20.6. The van der Waals surface area contributed by atoms with E-state index in [0.29, 0.717) is 6.42 Å². The van der Waals surface area contributed by atoms with Crippen LogP contribution in [-0.4, -0.2) is 81.5 Å². The van der Waals surface area contributed by atoms with Gasteiger partial charge in [0.2, 0.25) is 12.2 Å². The van der Waals surface area contributed by atoms with E-state index in [9.17, 15) is 34.5 Å². The molecule has 5 N–H and O–H groups in total. The fourth-order valence-corrected chi connectivity index (χ4v) is 3.99. The molecule has 2 aromatic carbocycles. The Bertz CT molecular complexity index is 1050.